The lowest BCUT2D eigenvalue weighted by atomic mass is 9.96. The molecule has 1 amide bonds. The second-order valence-electron chi connectivity index (χ2n) is 8.09. The molecule has 0 aliphatic rings. The third-order valence-electron chi connectivity index (χ3n) is 4.77. The fraction of sp³-hybridized carbons (Fsp3) is 0.360. The lowest BCUT2D eigenvalue weighted by molar-refractivity contribution is -0.151. The lowest BCUT2D eigenvalue weighted by Crippen LogP contribution is -2.33. The molecule has 0 radical (unpaired) electrons. The van der Waals surface area contributed by atoms with E-state index in [4.69, 9.17) is 22.0 Å². The molecule has 0 bridgehead atoms. The molecule has 0 heterocycles. The van der Waals surface area contributed by atoms with Crippen molar-refractivity contribution in [3.05, 3.63) is 71.8 Å². The maximum Gasteiger partial charge on any atom is 0.318 e. The number of nitrogens with two attached hydrogens (primary N) is 3. The van der Waals surface area contributed by atoms with Gasteiger partial charge in [-0.1, -0.05) is 26.0 Å². The first-order chi connectivity index (χ1) is 16.6. The maximum absolute atomic E-state index is 12.5. The topological polar surface area (TPSA) is 137 Å². The number of hydrogen-bond donors (Lipinski definition) is 5. The second kappa shape index (κ2) is 15.8. The Kier molecular flexibility index (Phi) is 13.5. The van der Waals surface area contributed by atoms with Crippen LogP contribution in [-0.2, 0) is 20.9 Å². The molecule has 0 aliphatic heterocycles. The van der Waals surface area contributed by atoms with Gasteiger partial charge in [0.15, 0.2) is 0 Å². The molecular formula is C25H36FN5O3S. The molecule has 0 spiro atoms. The van der Waals surface area contributed by atoms with E-state index in [0.29, 0.717) is 24.4 Å². The summed E-state index contributed by atoms with van der Waals surface area (Å²) in [5, 5.41) is 4.24. The summed E-state index contributed by atoms with van der Waals surface area (Å²) >= 11 is 3.97. The number of amides is 1. The number of nitrogens with zero attached hydrogens (tertiary/aromatic N) is 1. The monoisotopic (exact) mass is 505 g/mol. The first-order valence-corrected chi connectivity index (χ1v) is 11.7. The summed E-state index contributed by atoms with van der Waals surface area (Å²) in [7, 11) is 0. The largest absolute Gasteiger partial charge is 0.465 e. The van der Waals surface area contributed by atoms with E-state index in [0.717, 1.165) is 10.5 Å². The minimum Gasteiger partial charge on any atom is -0.465 e. The van der Waals surface area contributed by atoms with E-state index in [1.54, 1.807) is 31.2 Å². The van der Waals surface area contributed by atoms with Crippen molar-refractivity contribution < 1.29 is 18.7 Å². The number of halogens is 1. The van der Waals surface area contributed by atoms with Crippen LogP contribution < -0.4 is 22.6 Å². The molecule has 1 atom stereocenters. The van der Waals surface area contributed by atoms with Crippen molar-refractivity contribution in [1.29, 1.82) is 0 Å². The number of ether oxygens (including phenoxy) is 1. The number of carbonyl (C=O) groups excluding carboxylic acids is 2. The van der Waals surface area contributed by atoms with Gasteiger partial charge in [0, 0.05) is 23.3 Å². The molecular weight excluding hydrogens is 469 g/mol. The van der Waals surface area contributed by atoms with Gasteiger partial charge >= 0.3 is 5.97 Å². The summed E-state index contributed by atoms with van der Waals surface area (Å²) in [5.41, 5.74) is 13.2. The highest BCUT2D eigenvalue weighted by Gasteiger charge is 2.28. The highest BCUT2D eigenvalue weighted by atomic mass is 32.1. The molecule has 0 saturated heterocycles. The quantitative estimate of drug-likeness (QED) is 0.110. The Morgan fingerprint density at radius 2 is 1.74 bits per heavy atom. The normalized spacial score (nSPS) is 11.8. The predicted molar refractivity (Wildman–Crippen MR) is 139 cm³/mol. The third kappa shape index (κ3) is 11.3. The molecule has 0 fully saturated rings. The number of hydrazine groups is 1. The zero-order valence-corrected chi connectivity index (χ0v) is 21.3. The van der Waals surface area contributed by atoms with Crippen molar-refractivity contribution in [2.75, 3.05) is 18.5 Å². The number of nitrogens with one attached hydrogen (secondary N) is 1. The van der Waals surface area contributed by atoms with Crippen LogP contribution in [0, 0.1) is 17.7 Å². The number of hydrogen-bond acceptors (Lipinski definition) is 8. The van der Waals surface area contributed by atoms with Crippen LogP contribution in [0.4, 0.5) is 10.1 Å². The van der Waals surface area contributed by atoms with Crippen LogP contribution in [0.2, 0.25) is 0 Å². The standard InChI is InChI=1S/C19H31N5O3.C6H5FS/c1-4-27-19(26)17(9-13(2)3)18(25)23-15-7-5-14(6-8-15)12-24(22)16(10-20)11-21;7-5-1-3-6(8)4-2-5/h5-8,10,13,17H,4,9,11-12,20-22H2,1-3H3,(H,23,25);1-4,8H/b16-10-;. The van der Waals surface area contributed by atoms with Gasteiger partial charge in [-0.15, -0.1) is 12.6 Å². The zero-order chi connectivity index (χ0) is 26.4. The van der Waals surface area contributed by atoms with E-state index in [1.807, 2.05) is 26.0 Å². The zero-order valence-electron chi connectivity index (χ0n) is 20.4. The molecule has 7 N–H and O–H groups in total. The van der Waals surface area contributed by atoms with Crippen LogP contribution in [0.1, 0.15) is 32.8 Å². The number of anilines is 1. The minimum absolute atomic E-state index is 0.190. The van der Waals surface area contributed by atoms with Crippen LogP contribution in [0.3, 0.4) is 0 Å². The number of rotatable bonds is 10. The molecule has 0 saturated carbocycles. The summed E-state index contributed by atoms with van der Waals surface area (Å²) in [6, 6.07) is 13.2. The van der Waals surface area contributed by atoms with Crippen molar-refractivity contribution >= 4 is 30.2 Å². The summed E-state index contributed by atoms with van der Waals surface area (Å²) in [5.74, 6) is 4.20. The Hall–Kier alpha value is -3.08. The fourth-order valence-corrected chi connectivity index (χ4v) is 3.12. The smallest absolute Gasteiger partial charge is 0.318 e. The van der Waals surface area contributed by atoms with Gasteiger partial charge in [-0.2, -0.15) is 0 Å². The summed E-state index contributed by atoms with van der Waals surface area (Å²) in [6.45, 7) is 6.54. The highest BCUT2D eigenvalue weighted by Crippen LogP contribution is 2.18. The molecule has 35 heavy (non-hydrogen) atoms. The molecule has 10 heteroatoms. The van der Waals surface area contributed by atoms with E-state index < -0.39 is 11.9 Å². The summed E-state index contributed by atoms with van der Waals surface area (Å²) in [6.07, 6.45) is 1.80. The van der Waals surface area contributed by atoms with Gasteiger partial charge in [-0.3, -0.25) is 9.59 Å². The molecule has 2 aromatic carbocycles. The van der Waals surface area contributed by atoms with Crippen molar-refractivity contribution in [1.82, 2.24) is 5.01 Å². The van der Waals surface area contributed by atoms with Crippen molar-refractivity contribution in [3.8, 4) is 0 Å². The number of benzene rings is 2. The number of esters is 1. The van der Waals surface area contributed by atoms with Gasteiger partial charge < -0.3 is 26.5 Å². The van der Waals surface area contributed by atoms with Crippen LogP contribution in [0.15, 0.2) is 65.3 Å². The van der Waals surface area contributed by atoms with E-state index in [1.165, 1.54) is 23.3 Å². The van der Waals surface area contributed by atoms with E-state index >= 15 is 0 Å². The molecule has 0 aliphatic carbocycles. The van der Waals surface area contributed by atoms with Crippen LogP contribution in [0.25, 0.3) is 0 Å². The molecule has 2 rings (SSSR count). The van der Waals surface area contributed by atoms with Crippen LogP contribution in [0.5, 0.6) is 0 Å². The highest BCUT2D eigenvalue weighted by molar-refractivity contribution is 7.80. The molecule has 1 unspecified atom stereocenters. The number of carbonyl (C=O) groups is 2. The van der Waals surface area contributed by atoms with Gasteiger partial charge in [0.05, 0.1) is 18.8 Å². The average molecular weight is 506 g/mol. The van der Waals surface area contributed by atoms with Gasteiger partial charge in [0.1, 0.15) is 11.7 Å². The van der Waals surface area contributed by atoms with Gasteiger partial charge in [-0.05, 0) is 61.2 Å². The third-order valence-corrected chi connectivity index (χ3v) is 5.06. The Labute approximate surface area is 212 Å². The first-order valence-electron chi connectivity index (χ1n) is 11.2. The van der Waals surface area contributed by atoms with Crippen LogP contribution >= 0.6 is 12.6 Å². The summed E-state index contributed by atoms with van der Waals surface area (Å²) in [4.78, 5) is 25.4. The van der Waals surface area contributed by atoms with Crippen molar-refractivity contribution in [2.45, 2.75) is 38.6 Å². The van der Waals surface area contributed by atoms with Crippen molar-refractivity contribution in [3.63, 3.8) is 0 Å². The van der Waals surface area contributed by atoms with E-state index in [9.17, 15) is 14.0 Å². The molecule has 0 aromatic heterocycles. The van der Waals surface area contributed by atoms with Gasteiger partial charge in [0.25, 0.3) is 0 Å². The number of thiol groups is 1. The Bertz CT molecular complexity index is 932. The second-order valence-corrected chi connectivity index (χ2v) is 8.60. The Morgan fingerprint density at radius 1 is 1.14 bits per heavy atom. The van der Waals surface area contributed by atoms with Crippen LogP contribution in [-0.4, -0.2) is 30.0 Å². The van der Waals surface area contributed by atoms with Gasteiger partial charge in [-0.25, -0.2) is 10.2 Å². The molecule has 2 aromatic rings. The summed E-state index contributed by atoms with van der Waals surface area (Å²) < 4.78 is 17.1. The van der Waals surface area contributed by atoms with Crippen molar-refractivity contribution in [2.24, 2.45) is 29.1 Å². The van der Waals surface area contributed by atoms with E-state index in [2.05, 4.69) is 17.9 Å². The molecule has 192 valence electrons. The van der Waals surface area contributed by atoms with Gasteiger partial charge in [0.2, 0.25) is 5.91 Å². The Balaban J connectivity index is 0.000000642. The first kappa shape index (κ1) is 30.0. The minimum atomic E-state index is -0.828. The fourth-order valence-electron chi connectivity index (χ4n) is 2.97. The SMILES string of the molecule is CCOC(=O)C(CC(C)C)C(=O)Nc1ccc(CN(N)/C(=C\N)CN)cc1.Fc1ccc(S)cc1. The lowest BCUT2D eigenvalue weighted by Gasteiger charge is -2.21. The maximum atomic E-state index is 12.5. The predicted octanol–water partition coefficient (Wildman–Crippen LogP) is 3.40. The average Bonchev–Trinajstić information content (AvgIpc) is 2.82. The van der Waals surface area contributed by atoms with E-state index in [-0.39, 0.29) is 30.8 Å². The molecule has 8 nitrogen and oxygen atoms in total. The Morgan fingerprint density at radius 3 is 2.20 bits per heavy atom.